The van der Waals surface area contributed by atoms with Crippen molar-refractivity contribution in [1.82, 2.24) is 4.98 Å². The number of rotatable bonds is 1. The molecule has 2 N–H and O–H groups in total. The summed E-state index contributed by atoms with van der Waals surface area (Å²) < 4.78 is 10.7. The zero-order chi connectivity index (χ0) is 11.1. The molecule has 0 unspecified atom stereocenters. The topological polar surface area (TPSA) is 65.2 Å². The third-order valence-electron chi connectivity index (χ3n) is 2.44. The number of nitrogens with zero attached hydrogens (tertiary/aromatic N) is 1. The quantitative estimate of drug-likeness (QED) is 0.676. The van der Waals surface area contributed by atoms with Crippen molar-refractivity contribution < 1.29 is 8.83 Å². The van der Waals surface area contributed by atoms with E-state index in [1.165, 1.54) is 0 Å². The summed E-state index contributed by atoms with van der Waals surface area (Å²) in [5, 5.41) is 0. The molecular weight excluding hydrogens is 204 g/mol. The van der Waals surface area contributed by atoms with Gasteiger partial charge in [0.15, 0.2) is 5.58 Å². The number of aromatic nitrogens is 1. The van der Waals surface area contributed by atoms with Crippen molar-refractivity contribution in [3.8, 4) is 11.3 Å². The highest BCUT2D eigenvalue weighted by molar-refractivity contribution is 5.90. The van der Waals surface area contributed by atoms with Gasteiger partial charge in [0.05, 0.1) is 11.8 Å². The minimum absolute atomic E-state index is 0.174. The lowest BCUT2D eigenvalue weighted by Crippen LogP contribution is -1.81. The lowest BCUT2D eigenvalue weighted by molar-refractivity contribution is 0.578. The molecule has 0 aliphatic carbocycles. The van der Waals surface area contributed by atoms with Gasteiger partial charge in [-0.25, -0.2) is 0 Å². The molecule has 0 saturated heterocycles. The molecule has 0 bridgehead atoms. The number of oxazole rings is 1. The molecule has 2 heterocycles. The van der Waals surface area contributed by atoms with Crippen LogP contribution in [0.1, 0.15) is 5.56 Å². The third kappa shape index (κ3) is 1.27. The predicted molar refractivity (Wildman–Crippen MR) is 60.9 cm³/mol. The summed E-state index contributed by atoms with van der Waals surface area (Å²) in [4.78, 5) is 4.11. The number of nitrogen functional groups attached to an aromatic ring is 1. The van der Waals surface area contributed by atoms with E-state index >= 15 is 0 Å². The van der Waals surface area contributed by atoms with E-state index in [-0.39, 0.29) is 6.01 Å². The van der Waals surface area contributed by atoms with E-state index in [1.807, 2.05) is 31.2 Å². The van der Waals surface area contributed by atoms with Crippen molar-refractivity contribution in [2.45, 2.75) is 6.92 Å². The highest BCUT2D eigenvalue weighted by Crippen LogP contribution is 2.31. The predicted octanol–water partition coefficient (Wildman–Crippen LogP) is 2.98. The van der Waals surface area contributed by atoms with Crippen LogP contribution in [0.25, 0.3) is 22.4 Å². The molecule has 0 amide bonds. The van der Waals surface area contributed by atoms with Crippen LogP contribution in [0, 0.1) is 6.92 Å². The van der Waals surface area contributed by atoms with Gasteiger partial charge in [0.1, 0.15) is 11.3 Å². The summed E-state index contributed by atoms with van der Waals surface area (Å²) in [5.41, 5.74) is 8.94. The minimum atomic E-state index is 0.174. The fraction of sp³-hybridized carbons (Fsp3) is 0.0833. The first kappa shape index (κ1) is 9.03. The van der Waals surface area contributed by atoms with Gasteiger partial charge in [0, 0.05) is 0 Å². The largest absolute Gasteiger partial charge is 0.464 e. The normalized spacial score (nSPS) is 11.1. The van der Waals surface area contributed by atoms with Crippen molar-refractivity contribution in [1.29, 1.82) is 0 Å². The smallest absolute Gasteiger partial charge is 0.293 e. The fourth-order valence-electron chi connectivity index (χ4n) is 1.81. The van der Waals surface area contributed by atoms with Crippen molar-refractivity contribution in [2.24, 2.45) is 0 Å². The molecule has 80 valence electrons. The second-order valence-electron chi connectivity index (χ2n) is 3.69. The van der Waals surface area contributed by atoms with Crippen LogP contribution in [0.4, 0.5) is 6.01 Å². The Balaban J connectivity index is 2.38. The summed E-state index contributed by atoms with van der Waals surface area (Å²) in [6.07, 6.45) is 1.63. The SMILES string of the molecule is Cc1cc(-c2ccco2)c2oc(N)nc2c1. The molecule has 16 heavy (non-hydrogen) atoms. The molecule has 0 radical (unpaired) electrons. The van der Waals surface area contributed by atoms with Gasteiger partial charge in [-0.15, -0.1) is 0 Å². The van der Waals surface area contributed by atoms with Gasteiger partial charge in [-0.05, 0) is 36.8 Å². The van der Waals surface area contributed by atoms with E-state index in [1.54, 1.807) is 6.26 Å². The minimum Gasteiger partial charge on any atom is -0.464 e. The molecule has 0 atom stereocenters. The first-order valence-corrected chi connectivity index (χ1v) is 4.94. The molecule has 4 nitrogen and oxygen atoms in total. The Hall–Kier alpha value is -2.23. The van der Waals surface area contributed by atoms with Crippen LogP contribution in [0.3, 0.4) is 0 Å². The lowest BCUT2D eigenvalue weighted by Gasteiger charge is -1.99. The maximum Gasteiger partial charge on any atom is 0.293 e. The summed E-state index contributed by atoms with van der Waals surface area (Å²) in [5.74, 6) is 0.754. The van der Waals surface area contributed by atoms with E-state index in [0.717, 1.165) is 22.4 Å². The van der Waals surface area contributed by atoms with E-state index in [9.17, 15) is 0 Å². The molecule has 0 saturated carbocycles. The Labute approximate surface area is 91.7 Å². The van der Waals surface area contributed by atoms with Crippen molar-refractivity contribution in [3.05, 3.63) is 36.1 Å². The van der Waals surface area contributed by atoms with Crippen LogP contribution >= 0.6 is 0 Å². The van der Waals surface area contributed by atoms with E-state index in [0.29, 0.717) is 5.58 Å². The highest BCUT2D eigenvalue weighted by Gasteiger charge is 2.12. The molecule has 0 aliphatic rings. The molecule has 1 aromatic carbocycles. The van der Waals surface area contributed by atoms with Crippen LogP contribution < -0.4 is 5.73 Å². The van der Waals surface area contributed by atoms with Gasteiger partial charge in [-0.2, -0.15) is 4.98 Å². The van der Waals surface area contributed by atoms with Crippen LogP contribution in [0.2, 0.25) is 0 Å². The Morgan fingerprint density at radius 2 is 2.19 bits per heavy atom. The molecular formula is C12H10N2O2. The second-order valence-corrected chi connectivity index (χ2v) is 3.69. The number of furan rings is 1. The molecule has 0 fully saturated rings. The molecule has 0 spiro atoms. The van der Waals surface area contributed by atoms with Gasteiger partial charge in [0.2, 0.25) is 0 Å². The zero-order valence-corrected chi connectivity index (χ0v) is 8.73. The van der Waals surface area contributed by atoms with Gasteiger partial charge in [-0.3, -0.25) is 0 Å². The Bertz CT molecular complexity index is 638. The summed E-state index contributed by atoms with van der Waals surface area (Å²) in [7, 11) is 0. The van der Waals surface area contributed by atoms with E-state index < -0.39 is 0 Å². The maximum absolute atomic E-state index is 5.55. The number of nitrogens with two attached hydrogens (primary N) is 1. The average molecular weight is 214 g/mol. The first-order chi connectivity index (χ1) is 7.74. The number of hydrogen-bond donors (Lipinski definition) is 1. The Kier molecular flexibility index (Phi) is 1.77. The number of hydrogen-bond acceptors (Lipinski definition) is 4. The molecule has 2 aromatic heterocycles. The van der Waals surface area contributed by atoms with Crippen molar-refractivity contribution in [3.63, 3.8) is 0 Å². The van der Waals surface area contributed by atoms with Crippen molar-refractivity contribution >= 4 is 17.1 Å². The van der Waals surface area contributed by atoms with Gasteiger partial charge < -0.3 is 14.6 Å². The van der Waals surface area contributed by atoms with Crippen molar-refractivity contribution in [2.75, 3.05) is 5.73 Å². The summed E-state index contributed by atoms with van der Waals surface area (Å²) in [6, 6.07) is 7.82. The third-order valence-corrected chi connectivity index (χ3v) is 2.44. The molecule has 3 aromatic rings. The number of fused-ring (bicyclic) bond motifs is 1. The Morgan fingerprint density at radius 3 is 2.94 bits per heavy atom. The lowest BCUT2D eigenvalue weighted by atomic mass is 10.1. The van der Waals surface area contributed by atoms with Gasteiger partial charge in [0.25, 0.3) is 6.01 Å². The van der Waals surface area contributed by atoms with E-state index in [4.69, 9.17) is 14.6 Å². The first-order valence-electron chi connectivity index (χ1n) is 4.94. The standard InChI is InChI=1S/C12H10N2O2/c1-7-5-8(10-3-2-4-15-10)11-9(6-7)14-12(13)16-11/h2-6H,1H3,(H2,13,14). The molecule has 0 aliphatic heterocycles. The van der Waals surface area contributed by atoms with Gasteiger partial charge in [-0.1, -0.05) is 0 Å². The summed E-state index contributed by atoms with van der Waals surface area (Å²) in [6.45, 7) is 2.00. The van der Waals surface area contributed by atoms with Crippen LogP contribution in [-0.4, -0.2) is 4.98 Å². The second kappa shape index (κ2) is 3.13. The van der Waals surface area contributed by atoms with Gasteiger partial charge >= 0.3 is 0 Å². The number of aryl methyl sites for hydroxylation is 1. The fourth-order valence-corrected chi connectivity index (χ4v) is 1.81. The number of benzene rings is 1. The zero-order valence-electron chi connectivity index (χ0n) is 8.73. The number of anilines is 1. The molecule has 3 rings (SSSR count). The van der Waals surface area contributed by atoms with Crippen LogP contribution in [0.5, 0.6) is 0 Å². The van der Waals surface area contributed by atoms with Crippen LogP contribution in [0.15, 0.2) is 39.4 Å². The highest BCUT2D eigenvalue weighted by atomic mass is 16.4. The summed E-state index contributed by atoms with van der Waals surface area (Å²) >= 11 is 0. The molecule has 4 heteroatoms. The maximum atomic E-state index is 5.55. The monoisotopic (exact) mass is 214 g/mol. The van der Waals surface area contributed by atoms with Crippen LogP contribution in [-0.2, 0) is 0 Å². The van der Waals surface area contributed by atoms with E-state index in [2.05, 4.69) is 4.98 Å². The Morgan fingerprint density at radius 1 is 1.31 bits per heavy atom. The average Bonchev–Trinajstić information content (AvgIpc) is 2.83.